The predicted molar refractivity (Wildman–Crippen MR) is 80.2 cm³/mol. The van der Waals surface area contributed by atoms with E-state index in [1.165, 1.54) is 5.56 Å². The van der Waals surface area contributed by atoms with Crippen LogP contribution in [0.2, 0.25) is 0 Å². The monoisotopic (exact) mass is 270 g/mol. The van der Waals surface area contributed by atoms with Crippen molar-refractivity contribution >= 4 is 10.9 Å². The Kier molecular flexibility index (Phi) is 3.85. The van der Waals surface area contributed by atoms with Gasteiger partial charge in [-0.05, 0) is 37.2 Å². The van der Waals surface area contributed by atoms with E-state index < -0.39 is 0 Å². The van der Waals surface area contributed by atoms with Crippen molar-refractivity contribution in [2.45, 2.75) is 13.0 Å². The molecule has 1 fully saturated rings. The molecule has 1 N–H and O–H groups in total. The lowest BCUT2D eigenvalue weighted by molar-refractivity contribution is 0.275. The van der Waals surface area contributed by atoms with Crippen LogP contribution in [0.25, 0.3) is 10.9 Å². The summed E-state index contributed by atoms with van der Waals surface area (Å²) >= 11 is 0. The van der Waals surface area contributed by atoms with Crippen molar-refractivity contribution < 1.29 is 5.11 Å². The molecular formula is C16H20N3O. The van der Waals surface area contributed by atoms with Crippen molar-refractivity contribution in [1.82, 2.24) is 14.8 Å². The van der Waals surface area contributed by atoms with Gasteiger partial charge in [-0.3, -0.25) is 9.88 Å². The van der Waals surface area contributed by atoms with Crippen molar-refractivity contribution in [2.24, 2.45) is 0 Å². The summed E-state index contributed by atoms with van der Waals surface area (Å²) in [7, 11) is 4.02. The number of aromatic hydroxyl groups is 1. The third kappa shape index (κ3) is 2.76. The Hall–Kier alpha value is -1.65. The first-order chi connectivity index (χ1) is 9.74. The highest BCUT2D eigenvalue weighted by molar-refractivity contribution is 5.87. The number of hydrogen-bond donors (Lipinski definition) is 1. The Labute approximate surface area is 119 Å². The van der Waals surface area contributed by atoms with Gasteiger partial charge >= 0.3 is 0 Å². The van der Waals surface area contributed by atoms with E-state index >= 15 is 0 Å². The molecule has 2 heterocycles. The largest absolute Gasteiger partial charge is 0.506 e. The van der Waals surface area contributed by atoms with Gasteiger partial charge in [0.15, 0.2) is 0 Å². The molecule has 4 heteroatoms. The average molecular weight is 270 g/mol. The Bertz CT molecular complexity index is 599. The maximum absolute atomic E-state index is 9.89. The fourth-order valence-electron chi connectivity index (χ4n) is 2.78. The lowest BCUT2D eigenvalue weighted by atomic mass is 10.1. The first-order valence-corrected chi connectivity index (χ1v) is 7.07. The average Bonchev–Trinajstić information content (AvgIpc) is 2.67. The highest BCUT2D eigenvalue weighted by atomic mass is 16.3. The van der Waals surface area contributed by atoms with Crippen LogP contribution in [0.4, 0.5) is 0 Å². The van der Waals surface area contributed by atoms with E-state index in [1.54, 1.807) is 12.3 Å². The quantitative estimate of drug-likeness (QED) is 0.908. The summed E-state index contributed by atoms with van der Waals surface area (Å²) in [5.74, 6) is 0.254. The number of phenolic OH excluding ortho intramolecular Hbond substituents is 1. The van der Waals surface area contributed by atoms with Gasteiger partial charge in [-0.1, -0.05) is 12.1 Å². The molecule has 105 valence electrons. The fraction of sp³-hybridized carbons (Fsp3) is 0.375. The predicted octanol–water partition coefficient (Wildman–Crippen LogP) is 2.24. The normalized spacial score (nSPS) is 18.2. The highest BCUT2D eigenvalue weighted by Gasteiger charge is 2.14. The SMILES string of the molecule is [CH2]N1CCCN(Cc2ccc(O)c3ncccc23)CC1. The first kappa shape index (κ1) is 13.3. The molecule has 1 radical (unpaired) electrons. The van der Waals surface area contributed by atoms with Crippen molar-refractivity contribution in [2.75, 3.05) is 26.2 Å². The van der Waals surface area contributed by atoms with Crippen LogP contribution in [0.1, 0.15) is 12.0 Å². The van der Waals surface area contributed by atoms with Crippen LogP contribution in [0, 0.1) is 7.05 Å². The van der Waals surface area contributed by atoms with E-state index in [1.807, 2.05) is 18.2 Å². The minimum absolute atomic E-state index is 0.254. The number of benzene rings is 1. The van der Waals surface area contributed by atoms with Gasteiger partial charge in [-0.15, -0.1) is 0 Å². The molecule has 0 atom stereocenters. The topological polar surface area (TPSA) is 39.6 Å². The summed E-state index contributed by atoms with van der Waals surface area (Å²) in [5.41, 5.74) is 1.92. The van der Waals surface area contributed by atoms with Gasteiger partial charge < -0.3 is 10.0 Å². The standard InChI is InChI=1S/C16H20N3O/c1-18-8-3-9-19(11-10-18)12-13-5-6-15(20)16-14(13)4-2-7-17-16/h2,4-7,20H,1,3,8-12H2. The van der Waals surface area contributed by atoms with Gasteiger partial charge in [0.2, 0.25) is 0 Å². The van der Waals surface area contributed by atoms with Gasteiger partial charge in [-0.25, -0.2) is 0 Å². The van der Waals surface area contributed by atoms with Crippen LogP contribution >= 0.6 is 0 Å². The first-order valence-electron chi connectivity index (χ1n) is 7.07. The van der Waals surface area contributed by atoms with Crippen LogP contribution < -0.4 is 0 Å². The molecule has 1 aliphatic rings. The zero-order chi connectivity index (χ0) is 13.9. The maximum Gasteiger partial charge on any atom is 0.141 e. The fourth-order valence-corrected chi connectivity index (χ4v) is 2.78. The second-order valence-corrected chi connectivity index (χ2v) is 5.39. The Balaban J connectivity index is 1.85. The van der Waals surface area contributed by atoms with Gasteiger partial charge in [0.1, 0.15) is 11.3 Å². The molecule has 3 rings (SSSR count). The highest BCUT2D eigenvalue weighted by Crippen LogP contribution is 2.26. The van der Waals surface area contributed by atoms with Crippen molar-refractivity contribution in [3.8, 4) is 5.75 Å². The third-order valence-electron chi connectivity index (χ3n) is 3.91. The number of aromatic nitrogens is 1. The third-order valence-corrected chi connectivity index (χ3v) is 3.91. The molecule has 1 aliphatic heterocycles. The van der Waals surface area contributed by atoms with Gasteiger partial charge in [0.25, 0.3) is 0 Å². The second-order valence-electron chi connectivity index (χ2n) is 5.39. The Morgan fingerprint density at radius 1 is 1.15 bits per heavy atom. The van der Waals surface area contributed by atoms with Crippen molar-refractivity contribution in [3.63, 3.8) is 0 Å². The minimum Gasteiger partial charge on any atom is -0.506 e. The molecule has 0 saturated carbocycles. The van der Waals surface area contributed by atoms with E-state index in [9.17, 15) is 5.11 Å². The summed E-state index contributed by atoms with van der Waals surface area (Å²) in [6.07, 6.45) is 2.87. The summed E-state index contributed by atoms with van der Waals surface area (Å²) in [4.78, 5) is 8.86. The number of phenols is 1. The summed E-state index contributed by atoms with van der Waals surface area (Å²) in [6, 6.07) is 7.71. The summed E-state index contributed by atoms with van der Waals surface area (Å²) < 4.78 is 0. The lowest BCUT2D eigenvalue weighted by Gasteiger charge is -2.21. The van der Waals surface area contributed by atoms with E-state index in [0.717, 1.165) is 44.5 Å². The van der Waals surface area contributed by atoms with Gasteiger partial charge in [0, 0.05) is 38.3 Å². The number of nitrogens with zero attached hydrogens (tertiary/aromatic N) is 3. The molecule has 0 unspecified atom stereocenters. The summed E-state index contributed by atoms with van der Waals surface area (Å²) in [6.45, 7) is 5.10. The van der Waals surface area contributed by atoms with E-state index in [-0.39, 0.29) is 5.75 Å². The van der Waals surface area contributed by atoms with E-state index in [0.29, 0.717) is 5.52 Å². The molecule has 0 bridgehead atoms. The molecule has 1 saturated heterocycles. The number of pyridine rings is 1. The molecular weight excluding hydrogens is 250 g/mol. The number of rotatable bonds is 2. The van der Waals surface area contributed by atoms with Crippen molar-refractivity contribution in [3.05, 3.63) is 43.1 Å². The maximum atomic E-state index is 9.89. The van der Waals surface area contributed by atoms with Crippen LogP contribution in [-0.2, 0) is 6.54 Å². The zero-order valence-electron chi connectivity index (χ0n) is 11.6. The van der Waals surface area contributed by atoms with Crippen LogP contribution in [-0.4, -0.2) is 46.1 Å². The molecule has 0 spiro atoms. The Morgan fingerprint density at radius 2 is 2.05 bits per heavy atom. The molecule has 1 aromatic carbocycles. The van der Waals surface area contributed by atoms with Gasteiger partial charge in [-0.2, -0.15) is 0 Å². The molecule has 20 heavy (non-hydrogen) atoms. The smallest absolute Gasteiger partial charge is 0.141 e. The van der Waals surface area contributed by atoms with Crippen LogP contribution in [0.5, 0.6) is 5.75 Å². The van der Waals surface area contributed by atoms with Crippen LogP contribution in [0.3, 0.4) is 0 Å². The van der Waals surface area contributed by atoms with Crippen molar-refractivity contribution in [1.29, 1.82) is 0 Å². The van der Waals surface area contributed by atoms with E-state index in [2.05, 4.69) is 21.8 Å². The number of fused-ring (bicyclic) bond motifs is 1. The Morgan fingerprint density at radius 3 is 2.95 bits per heavy atom. The molecule has 4 nitrogen and oxygen atoms in total. The van der Waals surface area contributed by atoms with Gasteiger partial charge in [0.05, 0.1) is 0 Å². The lowest BCUT2D eigenvalue weighted by Crippen LogP contribution is -2.28. The molecule has 0 aliphatic carbocycles. The van der Waals surface area contributed by atoms with Crippen LogP contribution in [0.15, 0.2) is 30.5 Å². The second kappa shape index (κ2) is 5.77. The molecule has 1 aromatic heterocycles. The molecule has 0 amide bonds. The molecule has 2 aromatic rings. The zero-order valence-corrected chi connectivity index (χ0v) is 11.6. The number of hydrogen-bond acceptors (Lipinski definition) is 4. The van der Waals surface area contributed by atoms with E-state index in [4.69, 9.17) is 0 Å². The summed E-state index contributed by atoms with van der Waals surface area (Å²) in [5, 5.41) is 10.9. The minimum atomic E-state index is 0.254.